The minimum absolute atomic E-state index is 0.154. The highest BCUT2D eigenvalue weighted by atomic mass is 19.1. The largest absolute Gasteiger partial charge is 0.383 e. The first-order valence-corrected chi connectivity index (χ1v) is 5.65. The van der Waals surface area contributed by atoms with Crippen molar-refractivity contribution in [1.29, 1.82) is 0 Å². The molecule has 1 N–H and O–H groups in total. The Morgan fingerprint density at radius 2 is 2.20 bits per heavy atom. The molecule has 80 valence electrons. The zero-order chi connectivity index (χ0) is 10.3. The maximum Gasteiger partial charge on any atom is 0.125 e. The molecule has 1 aliphatic carbocycles. The predicted octanol–water partition coefficient (Wildman–Crippen LogP) is 2.61. The van der Waals surface area contributed by atoms with Gasteiger partial charge in [-0.05, 0) is 37.5 Å². The summed E-state index contributed by atoms with van der Waals surface area (Å²) in [4.78, 5) is 2.43. The van der Waals surface area contributed by atoms with Crippen LogP contribution in [0, 0.1) is 5.82 Å². The van der Waals surface area contributed by atoms with Crippen molar-refractivity contribution in [2.24, 2.45) is 0 Å². The zero-order valence-corrected chi connectivity index (χ0v) is 8.67. The Hall–Kier alpha value is -1.25. The van der Waals surface area contributed by atoms with Crippen LogP contribution in [0.4, 0.5) is 15.8 Å². The molecule has 0 unspecified atom stereocenters. The second-order valence-corrected chi connectivity index (χ2v) is 4.37. The van der Waals surface area contributed by atoms with Gasteiger partial charge < -0.3 is 10.2 Å². The fourth-order valence-electron chi connectivity index (χ4n) is 2.26. The van der Waals surface area contributed by atoms with Crippen molar-refractivity contribution in [3.8, 4) is 0 Å². The summed E-state index contributed by atoms with van der Waals surface area (Å²) >= 11 is 0. The first kappa shape index (κ1) is 9.01. The quantitative estimate of drug-likeness (QED) is 0.759. The molecule has 1 fully saturated rings. The van der Waals surface area contributed by atoms with Gasteiger partial charge in [0.05, 0.1) is 11.4 Å². The summed E-state index contributed by atoms with van der Waals surface area (Å²) in [7, 11) is 0. The van der Waals surface area contributed by atoms with E-state index in [0.29, 0.717) is 6.04 Å². The van der Waals surface area contributed by atoms with Crippen molar-refractivity contribution in [3.05, 3.63) is 24.0 Å². The molecule has 0 amide bonds. The van der Waals surface area contributed by atoms with E-state index in [4.69, 9.17) is 0 Å². The van der Waals surface area contributed by atoms with Gasteiger partial charge >= 0.3 is 0 Å². The molecule has 0 saturated heterocycles. The van der Waals surface area contributed by atoms with E-state index in [0.717, 1.165) is 25.2 Å². The molecule has 2 aliphatic rings. The number of nitrogens with zero attached hydrogens (tertiary/aromatic N) is 1. The summed E-state index contributed by atoms with van der Waals surface area (Å²) in [6.07, 6.45) is 3.71. The van der Waals surface area contributed by atoms with E-state index in [1.165, 1.54) is 18.5 Å². The number of anilines is 2. The minimum Gasteiger partial charge on any atom is -0.383 e. The van der Waals surface area contributed by atoms with E-state index in [2.05, 4.69) is 10.2 Å². The molecule has 1 aliphatic heterocycles. The van der Waals surface area contributed by atoms with Crippen molar-refractivity contribution < 1.29 is 4.39 Å². The molecule has 0 spiro atoms. The lowest BCUT2D eigenvalue weighted by atomic mass is 10.2. The fourth-order valence-corrected chi connectivity index (χ4v) is 2.26. The standard InChI is InChI=1S/C12H15FN2/c13-9-2-5-12-11(8-9)14-6-1-7-15(12)10-3-4-10/h2,5,8,10,14H,1,3-4,6-7H2. The molecule has 3 heteroatoms. The van der Waals surface area contributed by atoms with Gasteiger partial charge in [-0.15, -0.1) is 0 Å². The van der Waals surface area contributed by atoms with Gasteiger partial charge in [0.2, 0.25) is 0 Å². The Bertz CT molecular complexity index is 374. The highest BCUT2D eigenvalue weighted by molar-refractivity contribution is 5.71. The number of fused-ring (bicyclic) bond motifs is 1. The van der Waals surface area contributed by atoms with Crippen LogP contribution in [0.3, 0.4) is 0 Å². The molecule has 0 atom stereocenters. The van der Waals surface area contributed by atoms with E-state index in [9.17, 15) is 4.39 Å². The van der Waals surface area contributed by atoms with Gasteiger partial charge in [0.1, 0.15) is 5.82 Å². The SMILES string of the molecule is Fc1ccc2c(c1)NCCCN2C1CC1. The number of hydrogen-bond acceptors (Lipinski definition) is 2. The molecular weight excluding hydrogens is 191 g/mol. The van der Waals surface area contributed by atoms with Gasteiger partial charge in [0.15, 0.2) is 0 Å². The second-order valence-electron chi connectivity index (χ2n) is 4.37. The lowest BCUT2D eigenvalue weighted by molar-refractivity contribution is 0.628. The maximum absolute atomic E-state index is 13.1. The van der Waals surface area contributed by atoms with Crippen molar-refractivity contribution in [2.45, 2.75) is 25.3 Å². The third-order valence-electron chi connectivity index (χ3n) is 3.15. The van der Waals surface area contributed by atoms with Crippen molar-refractivity contribution in [1.82, 2.24) is 0 Å². The van der Waals surface area contributed by atoms with Crippen molar-refractivity contribution in [2.75, 3.05) is 23.3 Å². The topological polar surface area (TPSA) is 15.3 Å². The second kappa shape index (κ2) is 3.40. The van der Waals surface area contributed by atoms with E-state index in [1.54, 1.807) is 12.1 Å². The molecule has 2 nitrogen and oxygen atoms in total. The summed E-state index contributed by atoms with van der Waals surface area (Å²) in [6, 6.07) is 5.77. The number of benzene rings is 1. The monoisotopic (exact) mass is 206 g/mol. The van der Waals surface area contributed by atoms with E-state index in [1.807, 2.05) is 6.07 Å². The smallest absolute Gasteiger partial charge is 0.125 e. The normalized spacial score (nSPS) is 20.5. The molecule has 1 aromatic carbocycles. The lowest BCUT2D eigenvalue weighted by Crippen LogP contribution is -2.26. The van der Waals surface area contributed by atoms with Crippen LogP contribution in [-0.4, -0.2) is 19.1 Å². The van der Waals surface area contributed by atoms with Crippen LogP contribution in [0.5, 0.6) is 0 Å². The van der Waals surface area contributed by atoms with E-state index >= 15 is 0 Å². The van der Waals surface area contributed by atoms with Gasteiger partial charge in [-0.25, -0.2) is 4.39 Å². The Morgan fingerprint density at radius 3 is 3.00 bits per heavy atom. The number of hydrogen-bond donors (Lipinski definition) is 1. The highest BCUT2D eigenvalue weighted by Gasteiger charge is 2.31. The molecular formula is C12H15FN2. The maximum atomic E-state index is 13.1. The van der Waals surface area contributed by atoms with Crippen molar-refractivity contribution >= 4 is 11.4 Å². The summed E-state index contributed by atoms with van der Waals surface area (Å²) < 4.78 is 13.1. The van der Waals surface area contributed by atoms with Gasteiger partial charge in [0, 0.05) is 19.1 Å². The van der Waals surface area contributed by atoms with Crippen LogP contribution in [0.15, 0.2) is 18.2 Å². The van der Waals surface area contributed by atoms with Crippen LogP contribution in [0.2, 0.25) is 0 Å². The van der Waals surface area contributed by atoms with Crippen LogP contribution in [-0.2, 0) is 0 Å². The first-order valence-electron chi connectivity index (χ1n) is 5.65. The van der Waals surface area contributed by atoms with Crippen molar-refractivity contribution in [3.63, 3.8) is 0 Å². The lowest BCUT2D eigenvalue weighted by Gasteiger charge is -2.24. The van der Waals surface area contributed by atoms with E-state index in [-0.39, 0.29) is 5.82 Å². The molecule has 0 bridgehead atoms. The minimum atomic E-state index is -0.154. The van der Waals surface area contributed by atoms with Gasteiger partial charge in [-0.2, -0.15) is 0 Å². The van der Waals surface area contributed by atoms with Gasteiger partial charge in [-0.1, -0.05) is 0 Å². The van der Waals surface area contributed by atoms with Gasteiger partial charge in [-0.3, -0.25) is 0 Å². The number of halogens is 1. The summed E-state index contributed by atoms with van der Waals surface area (Å²) in [5.41, 5.74) is 2.14. The Kier molecular flexibility index (Phi) is 2.04. The zero-order valence-electron chi connectivity index (χ0n) is 8.67. The van der Waals surface area contributed by atoms with Crippen LogP contribution >= 0.6 is 0 Å². The first-order chi connectivity index (χ1) is 7.34. The molecule has 15 heavy (non-hydrogen) atoms. The molecule has 1 heterocycles. The molecule has 3 rings (SSSR count). The van der Waals surface area contributed by atoms with E-state index < -0.39 is 0 Å². The third-order valence-corrected chi connectivity index (χ3v) is 3.15. The predicted molar refractivity (Wildman–Crippen MR) is 59.9 cm³/mol. The molecule has 0 aromatic heterocycles. The Labute approximate surface area is 89.1 Å². The highest BCUT2D eigenvalue weighted by Crippen LogP contribution is 2.37. The van der Waals surface area contributed by atoms with Gasteiger partial charge in [0.25, 0.3) is 0 Å². The number of rotatable bonds is 1. The average Bonchev–Trinajstić information content (AvgIpc) is 3.01. The number of nitrogens with one attached hydrogen (secondary N) is 1. The molecule has 0 radical (unpaired) electrons. The Balaban J connectivity index is 2.00. The molecule has 1 saturated carbocycles. The fraction of sp³-hybridized carbons (Fsp3) is 0.500. The summed E-state index contributed by atoms with van der Waals surface area (Å²) in [6.45, 7) is 2.04. The molecule has 1 aromatic rings. The average molecular weight is 206 g/mol. The third kappa shape index (κ3) is 1.66. The van der Waals surface area contributed by atoms with Crippen LogP contribution in [0.1, 0.15) is 19.3 Å². The summed E-state index contributed by atoms with van der Waals surface area (Å²) in [5.74, 6) is -0.154. The summed E-state index contributed by atoms with van der Waals surface area (Å²) in [5, 5.41) is 3.30. The van der Waals surface area contributed by atoms with Crippen LogP contribution < -0.4 is 10.2 Å². The Morgan fingerprint density at radius 1 is 1.33 bits per heavy atom. The van der Waals surface area contributed by atoms with Crippen LogP contribution in [0.25, 0.3) is 0 Å².